The van der Waals surface area contributed by atoms with Gasteiger partial charge < -0.3 is 4.74 Å². The van der Waals surface area contributed by atoms with E-state index in [1.165, 1.54) is 0 Å². The Kier molecular flexibility index (Phi) is 5.14. The van der Waals surface area contributed by atoms with E-state index in [1.807, 2.05) is 0 Å². The molecule has 124 valence electrons. The molecule has 0 bridgehead atoms. The van der Waals surface area contributed by atoms with Crippen molar-refractivity contribution in [3.8, 4) is 0 Å². The molecule has 1 aliphatic rings. The number of nitrogens with zero attached hydrogens (tertiary/aromatic N) is 1. The van der Waals surface area contributed by atoms with Gasteiger partial charge in [0, 0.05) is 13.1 Å². The van der Waals surface area contributed by atoms with Crippen LogP contribution < -0.4 is 4.72 Å². The van der Waals surface area contributed by atoms with Crippen molar-refractivity contribution in [2.45, 2.75) is 45.4 Å². The average molecular weight is 332 g/mol. The number of piperidine rings is 1. The molecule has 0 saturated carbocycles. The number of carbonyl (C=O) groups excluding carboxylic acids is 1. The summed E-state index contributed by atoms with van der Waals surface area (Å²) in [6.45, 7) is 4.11. The van der Waals surface area contributed by atoms with E-state index in [2.05, 4.69) is 0 Å². The second-order valence-corrected chi connectivity index (χ2v) is 7.49. The van der Waals surface area contributed by atoms with Crippen LogP contribution in [0.1, 0.15) is 33.6 Å². The maximum atomic E-state index is 12.5. The Morgan fingerprint density at radius 3 is 2.05 bits per heavy atom. The summed E-state index contributed by atoms with van der Waals surface area (Å²) >= 11 is 0. The van der Waals surface area contributed by atoms with Crippen LogP contribution in [-0.4, -0.2) is 43.7 Å². The Morgan fingerprint density at radius 2 is 1.67 bits per heavy atom. The predicted octanol–water partition coefficient (Wildman–Crippen LogP) is 2.03. The SMILES string of the molecule is CC(C)(C)OC(=O)NS(=O)(=O)N1CCC(C(F)(F)F)CC1. The second kappa shape index (κ2) is 5.99. The van der Waals surface area contributed by atoms with Crippen LogP contribution in [0.4, 0.5) is 18.0 Å². The number of rotatable bonds is 2. The number of nitrogens with one attached hydrogen (secondary N) is 1. The number of carbonyl (C=O) groups is 1. The summed E-state index contributed by atoms with van der Waals surface area (Å²) in [5.74, 6) is -1.51. The third kappa shape index (κ3) is 5.70. The maximum absolute atomic E-state index is 12.5. The molecule has 0 aromatic rings. The Bertz CT molecular complexity index is 477. The number of halogens is 3. The highest BCUT2D eigenvalue weighted by Gasteiger charge is 2.43. The number of hydrogen-bond donors (Lipinski definition) is 1. The van der Waals surface area contributed by atoms with E-state index >= 15 is 0 Å². The molecule has 0 radical (unpaired) electrons. The van der Waals surface area contributed by atoms with Crippen LogP contribution >= 0.6 is 0 Å². The molecule has 1 N–H and O–H groups in total. The molecule has 10 heteroatoms. The first-order valence-electron chi connectivity index (χ1n) is 6.39. The van der Waals surface area contributed by atoms with Gasteiger partial charge in [0.2, 0.25) is 0 Å². The molecule has 6 nitrogen and oxygen atoms in total. The van der Waals surface area contributed by atoms with Crippen molar-refractivity contribution in [3.05, 3.63) is 0 Å². The fourth-order valence-electron chi connectivity index (χ4n) is 1.89. The Morgan fingerprint density at radius 1 is 1.19 bits per heavy atom. The monoisotopic (exact) mass is 332 g/mol. The van der Waals surface area contributed by atoms with Gasteiger partial charge in [0.25, 0.3) is 0 Å². The minimum Gasteiger partial charge on any atom is -0.443 e. The second-order valence-electron chi connectivity index (χ2n) is 5.82. The third-order valence-electron chi connectivity index (χ3n) is 2.87. The fourth-order valence-corrected chi connectivity index (χ4v) is 2.97. The molecule has 0 unspecified atom stereocenters. The van der Waals surface area contributed by atoms with E-state index in [1.54, 1.807) is 25.5 Å². The molecule has 1 rings (SSSR count). The molecule has 0 aliphatic carbocycles. The summed E-state index contributed by atoms with van der Waals surface area (Å²) in [4.78, 5) is 11.4. The normalized spacial score (nSPS) is 19.3. The average Bonchev–Trinajstić information content (AvgIpc) is 2.24. The first kappa shape index (κ1) is 18.0. The van der Waals surface area contributed by atoms with Crippen molar-refractivity contribution >= 4 is 16.3 Å². The highest BCUT2D eigenvalue weighted by Crippen LogP contribution is 2.34. The van der Waals surface area contributed by atoms with Crippen LogP contribution in [0.5, 0.6) is 0 Å². The molecule has 0 spiro atoms. The zero-order chi connectivity index (χ0) is 16.5. The summed E-state index contributed by atoms with van der Waals surface area (Å²) < 4.78 is 68.6. The largest absolute Gasteiger partial charge is 0.443 e. The number of alkyl halides is 3. The van der Waals surface area contributed by atoms with Gasteiger partial charge in [-0.1, -0.05) is 0 Å². The third-order valence-corrected chi connectivity index (χ3v) is 4.34. The minimum atomic E-state index is -4.32. The lowest BCUT2D eigenvalue weighted by Crippen LogP contribution is -2.49. The van der Waals surface area contributed by atoms with E-state index in [0.29, 0.717) is 0 Å². The highest BCUT2D eigenvalue weighted by molar-refractivity contribution is 7.87. The summed E-state index contributed by atoms with van der Waals surface area (Å²) in [6.07, 6.45) is -6.12. The predicted molar refractivity (Wildman–Crippen MR) is 68.6 cm³/mol. The molecule has 1 amide bonds. The van der Waals surface area contributed by atoms with Gasteiger partial charge in [-0.25, -0.2) is 9.52 Å². The number of amides is 1. The fraction of sp³-hybridized carbons (Fsp3) is 0.909. The van der Waals surface area contributed by atoms with Crippen LogP contribution in [-0.2, 0) is 14.9 Å². The van der Waals surface area contributed by atoms with Crippen molar-refractivity contribution < 1.29 is 31.1 Å². The lowest BCUT2D eigenvalue weighted by Gasteiger charge is -2.32. The molecule has 1 heterocycles. The van der Waals surface area contributed by atoms with Gasteiger partial charge in [0.05, 0.1) is 5.92 Å². The molecule has 1 saturated heterocycles. The lowest BCUT2D eigenvalue weighted by atomic mass is 9.98. The first-order chi connectivity index (χ1) is 9.31. The molecule has 0 aromatic carbocycles. The van der Waals surface area contributed by atoms with Crippen LogP contribution in [0, 0.1) is 5.92 Å². The molecular formula is C11H19F3N2O4S. The van der Waals surface area contributed by atoms with E-state index in [9.17, 15) is 26.4 Å². The van der Waals surface area contributed by atoms with Crippen LogP contribution in [0.15, 0.2) is 0 Å². The van der Waals surface area contributed by atoms with Gasteiger partial charge in [0.15, 0.2) is 0 Å². The van der Waals surface area contributed by atoms with Crippen LogP contribution in [0.25, 0.3) is 0 Å². The summed E-state index contributed by atoms with van der Waals surface area (Å²) in [5, 5.41) is 0. The maximum Gasteiger partial charge on any atom is 0.422 e. The highest BCUT2D eigenvalue weighted by atomic mass is 32.2. The van der Waals surface area contributed by atoms with Gasteiger partial charge in [0.1, 0.15) is 5.60 Å². The molecule has 1 aliphatic heterocycles. The standard InChI is InChI=1S/C11H19F3N2O4S/c1-10(2,3)20-9(17)15-21(18,19)16-6-4-8(5-7-16)11(12,13)14/h8H,4-7H2,1-3H3,(H,15,17). The van der Waals surface area contributed by atoms with E-state index in [4.69, 9.17) is 4.74 Å². The van der Waals surface area contributed by atoms with Crippen molar-refractivity contribution in [3.63, 3.8) is 0 Å². The van der Waals surface area contributed by atoms with Crippen molar-refractivity contribution in [1.29, 1.82) is 0 Å². The van der Waals surface area contributed by atoms with E-state index in [0.717, 1.165) is 4.31 Å². The van der Waals surface area contributed by atoms with Gasteiger partial charge in [-0.15, -0.1) is 0 Å². The molecule has 21 heavy (non-hydrogen) atoms. The Hall–Kier alpha value is -1.03. The summed E-state index contributed by atoms with van der Waals surface area (Å²) in [7, 11) is -4.18. The van der Waals surface area contributed by atoms with Crippen molar-refractivity contribution in [2.75, 3.05) is 13.1 Å². The summed E-state index contributed by atoms with van der Waals surface area (Å²) in [6, 6.07) is 0. The zero-order valence-electron chi connectivity index (χ0n) is 12.0. The smallest absolute Gasteiger partial charge is 0.422 e. The van der Waals surface area contributed by atoms with Crippen LogP contribution in [0.2, 0.25) is 0 Å². The molecule has 0 aromatic heterocycles. The minimum absolute atomic E-state index is 0.289. The summed E-state index contributed by atoms with van der Waals surface area (Å²) in [5.41, 5.74) is -0.872. The van der Waals surface area contributed by atoms with Gasteiger partial charge in [-0.3, -0.25) is 0 Å². The van der Waals surface area contributed by atoms with Gasteiger partial charge in [-0.05, 0) is 33.6 Å². The van der Waals surface area contributed by atoms with Gasteiger partial charge >= 0.3 is 22.5 Å². The number of ether oxygens (including phenoxy) is 1. The Balaban J connectivity index is 2.60. The first-order valence-corrected chi connectivity index (χ1v) is 7.83. The zero-order valence-corrected chi connectivity index (χ0v) is 12.8. The molecule has 1 fully saturated rings. The lowest BCUT2D eigenvalue weighted by molar-refractivity contribution is -0.182. The number of hydrogen-bond acceptors (Lipinski definition) is 4. The van der Waals surface area contributed by atoms with E-state index < -0.39 is 34.0 Å². The quantitative estimate of drug-likeness (QED) is 0.839. The van der Waals surface area contributed by atoms with Crippen LogP contribution in [0.3, 0.4) is 0 Å². The van der Waals surface area contributed by atoms with E-state index in [-0.39, 0.29) is 25.9 Å². The van der Waals surface area contributed by atoms with Crippen molar-refractivity contribution in [1.82, 2.24) is 9.03 Å². The Labute approximate surface area is 121 Å². The topological polar surface area (TPSA) is 75.7 Å². The van der Waals surface area contributed by atoms with Crippen molar-refractivity contribution in [2.24, 2.45) is 5.92 Å². The van der Waals surface area contributed by atoms with Gasteiger partial charge in [-0.2, -0.15) is 25.9 Å². The molecular weight excluding hydrogens is 313 g/mol. The molecule has 0 atom stereocenters.